The molecule has 1 saturated heterocycles. The van der Waals surface area contributed by atoms with E-state index < -0.39 is 0 Å². The molecular weight excluding hydrogens is 212 g/mol. The third-order valence-electron chi connectivity index (χ3n) is 2.45. The van der Waals surface area contributed by atoms with Crippen molar-refractivity contribution in [3.8, 4) is 0 Å². The summed E-state index contributed by atoms with van der Waals surface area (Å²) in [6.45, 7) is 2.75. The number of urea groups is 1. The summed E-state index contributed by atoms with van der Waals surface area (Å²) in [6.07, 6.45) is 3.07. The van der Waals surface area contributed by atoms with Crippen molar-refractivity contribution < 1.29 is 9.90 Å². The van der Waals surface area contributed by atoms with Gasteiger partial charge in [0, 0.05) is 24.4 Å². The Balaban J connectivity index is 2.07. The Kier molecular flexibility index (Phi) is 5.86. The van der Waals surface area contributed by atoms with E-state index in [1.807, 2.05) is 18.7 Å². The average Bonchev–Trinajstić information content (AvgIpc) is 2.67. The van der Waals surface area contributed by atoms with Crippen LogP contribution in [0.1, 0.15) is 26.2 Å². The average molecular weight is 232 g/mol. The maximum absolute atomic E-state index is 11.4. The molecule has 1 heterocycles. The molecule has 0 radical (unpaired) electrons. The molecule has 0 bridgehead atoms. The molecule has 1 aliphatic heterocycles. The zero-order chi connectivity index (χ0) is 11.1. The Hall–Kier alpha value is -0.420. The molecule has 0 aliphatic carbocycles. The van der Waals surface area contributed by atoms with Gasteiger partial charge in [0.05, 0.1) is 0 Å². The predicted octanol–water partition coefficient (Wildman–Crippen LogP) is 0.952. The number of rotatable bonds is 5. The van der Waals surface area contributed by atoms with Crippen molar-refractivity contribution in [2.45, 2.75) is 37.5 Å². The number of hydrogen-bond acceptors (Lipinski definition) is 3. The van der Waals surface area contributed by atoms with Crippen molar-refractivity contribution in [3.05, 3.63) is 0 Å². The lowest BCUT2D eigenvalue weighted by molar-refractivity contribution is 0.231. The van der Waals surface area contributed by atoms with Gasteiger partial charge in [-0.25, -0.2) is 4.79 Å². The van der Waals surface area contributed by atoms with Crippen LogP contribution in [-0.2, 0) is 0 Å². The topological polar surface area (TPSA) is 61.4 Å². The number of carbonyl (C=O) groups is 1. The predicted molar refractivity (Wildman–Crippen MR) is 63.2 cm³/mol. The second kappa shape index (κ2) is 6.95. The maximum Gasteiger partial charge on any atom is 0.315 e. The van der Waals surface area contributed by atoms with Crippen molar-refractivity contribution in [1.82, 2.24) is 10.6 Å². The quantitative estimate of drug-likeness (QED) is 0.661. The largest absolute Gasteiger partial charge is 0.396 e. The minimum absolute atomic E-state index is 0.0335. The first-order valence-corrected chi connectivity index (χ1v) is 6.54. The van der Waals surface area contributed by atoms with Gasteiger partial charge < -0.3 is 15.7 Å². The molecule has 2 amide bonds. The molecule has 5 heteroatoms. The molecule has 0 aromatic carbocycles. The van der Waals surface area contributed by atoms with E-state index in [1.165, 1.54) is 18.6 Å². The van der Waals surface area contributed by atoms with Crippen LogP contribution in [0, 0.1) is 0 Å². The Morgan fingerprint density at radius 1 is 1.67 bits per heavy atom. The number of aliphatic hydroxyl groups is 1. The van der Waals surface area contributed by atoms with Gasteiger partial charge in [0.1, 0.15) is 0 Å². The third-order valence-corrected chi connectivity index (χ3v) is 3.85. The summed E-state index contributed by atoms with van der Waals surface area (Å²) in [5.41, 5.74) is 0. The van der Waals surface area contributed by atoms with Gasteiger partial charge in [0.15, 0.2) is 0 Å². The van der Waals surface area contributed by atoms with Crippen LogP contribution in [0.25, 0.3) is 0 Å². The number of aliphatic hydroxyl groups excluding tert-OH is 1. The number of nitrogens with one attached hydrogen (secondary N) is 2. The van der Waals surface area contributed by atoms with E-state index in [1.54, 1.807) is 0 Å². The van der Waals surface area contributed by atoms with Crippen molar-refractivity contribution in [2.75, 3.05) is 18.9 Å². The number of amides is 2. The van der Waals surface area contributed by atoms with E-state index in [2.05, 4.69) is 10.6 Å². The molecule has 0 spiro atoms. The molecule has 88 valence electrons. The van der Waals surface area contributed by atoms with Crippen LogP contribution in [-0.4, -0.2) is 41.3 Å². The van der Waals surface area contributed by atoms with Gasteiger partial charge in [-0.1, -0.05) is 0 Å². The highest BCUT2D eigenvalue weighted by molar-refractivity contribution is 8.00. The molecule has 15 heavy (non-hydrogen) atoms. The molecule has 1 rings (SSSR count). The van der Waals surface area contributed by atoms with Crippen LogP contribution in [0.2, 0.25) is 0 Å². The fourth-order valence-electron chi connectivity index (χ4n) is 1.55. The van der Waals surface area contributed by atoms with Crippen LogP contribution in [0.3, 0.4) is 0 Å². The summed E-state index contributed by atoms with van der Waals surface area (Å²) < 4.78 is 0. The van der Waals surface area contributed by atoms with Gasteiger partial charge in [-0.3, -0.25) is 0 Å². The van der Waals surface area contributed by atoms with E-state index in [4.69, 9.17) is 5.11 Å². The van der Waals surface area contributed by atoms with E-state index in [9.17, 15) is 4.79 Å². The number of hydrogen-bond donors (Lipinski definition) is 3. The number of carbonyl (C=O) groups excluding carboxylic acids is 1. The van der Waals surface area contributed by atoms with Gasteiger partial charge in [-0.2, -0.15) is 11.8 Å². The van der Waals surface area contributed by atoms with Gasteiger partial charge in [0.2, 0.25) is 0 Å². The van der Waals surface area contributed by atoms with E-state index in [-0.39, 0.29) is 18.7 Å². The first-order chi connectivity index (χ1) is 7.22. The molecule has 0 saturated carbocycles. The van der Waals surface area contributed by atoms with Crippen LogP contribution in [0.5, 0.6) is 0 Å². The highest BCUT2D eigenvalue weighted by Gasteiger charge is 2.16. The van der Waals surface area contributed by atoms with E-state index in [0.29, 0.717) is 11.7 Å². The standard InChI is InChI=1S/C10H20N2O2S/c1-8(4-5-13)12-10(14)11-7-9-3-2-6-15-9/h8-9,13H,2-7H2,1H3,(H2,11,12,14)/t8-,9?/m1/s1. The van der Waals surface area contributed by atoms with Crippen LogP contribution >= 0.6 is 11.8 Å². The van der Waals surface area contributed by atoms with Crippen LogP contribution in [0.4, 0.5) is 4.79 Å². The summed E-state index contributed by atoms with van der Waals surface area (Å²) in [7, 11) is 0. The first-order valence-electron chi connectivity index (χ1n) is 5.49. The second-order valence-electron chi connectivity index (χ2n) is 3.90. The molecule has 0 aromatic heterocycles. The van der Waals surface area contributed by atoms with E-state index >= 15 is 0 Å². The molecule has 1 fully saturated rings. The Morgan fingerprint density at radius 2 is 2.47 bits per heavy atom. The monoisotopic (exact) mass is 232 g/mol. The molecular formula is C10H20N2O2S. The smallest absolute Gasteiger partial charge is 0.315 e. The lowest BCUT2D eigenvalue weighted by atomic mass is 10.2. The zero-order valence-corrected chi connectivity index (χ0v) is 9.98. The highest BCUT2D eigenvalue weighted by atomic mass is 32.2. The molecule has 1 unspecified atom stereocenters. The second-order valence-corrected chi connectivity index (χ2v) is 5.31. The molecule has 3 N–H and O–H groups in total. The van der Waals surface area contributed by atoms with E-state index in [0.717, 1.165) is 6.54 Å². The maximum atomic E-state index is 11.4. The van der Waals surface area contributed by atoms with Gasteiger partial charge in [0.25, 0.3) is 0 Å². The Morgan fingerprint density at radius 3 is 3.07 bits per heavy atom. The summed E-state index contributed by atoms with van der Waals surface area (Å²) in [5, 5.41) is 14.9. The minimum Gasteiger partial charge on any atom is -0.396 e. The normalized spacial score (nSPS) is 22.4. The summed E-state index contributed by atoms with van der Waals surface area (Å²) in [4.78, 5) is 11.4. The fraction of sp³-hybridized carbons (Fsp3) is 0.900. The van der Waals surface area contributed by atoms with Crippen molar-refractivity contribution >= 4 is 17.8 Å². The zero-order valence-electron chi connectivity index (χ0n) is 9.16. The lowest BCUT2D eigenvalue weighted by Gasteiger charge is -2.15. The summed E-state index contributed by atoms with van der Waals surface area (Å²) >= 11 is 1.93. The van der Waals surface area contributed by atoms with Gasteiger partial charge >= 0.3 is 6.03 Å². The van der Waals surface area contributed by atoms with Crippen molar-refractivity contribution in [2.24, 2.45) is 0 Å². The number of thioether (sulfide) groups is 1. The van der Waals surface area contributed by atoms with Gasteiger partial charge in [-0.15, -0.1) is 0 Å². The summed E-state index contributed by atoms with van der Waals surface area (Å²) in [6, 6.07) is -0.0883. The minimum atomic E-state index is -0.122. The molecule has 2 atom stereocenters. The van der Waals surface area contributed by atoms with Crippen LogP contribution < -0.4 is 10.6 Å². The lowest BCUT2D eigenvalue weighted by Crippen LogP contribution is -2.43. The van der Waals surface area contributed by atoms with Crippen LogP contribution in [0.15, 0.2) is 0 Å². The third kappa shape index (κ3) is 5.28. The van der Waals surface area contributed by atoms with Crippen molar-refractivity contribution in [1.29, 1.82) is 0 Å². The Labute approximate surface area is 95.2 Å². The first kappa shape index (κ1) is 12.6. The highest BCUT2D eigenvalue weighted by Crippen LogP contribution is 2.25. The molecule has 0 aromatic rings. The van der Waals surface area contributed by atoms with Gasteiger partial charge in [-0.05, 0) is 31.9 Å². The fourth-order valence-corrected chi connectivity index (χ4v) is 2.75. The van der Waals surface area contributed by atoms with Crippen molar-refractivity contribution in [3.63, 3.8) is 0 Å². The summed E-state index contributed by atoms with van der Waals surface area (Å²) in [5.74, 6) is 1.22. The molecule has 1 aliphatic rings. The Bertz CT molecular complexity index is 196. The molecule has 4 nitrogen and oxygen atoms in total. The SMILES string of the molecule is C[C@H](CCO)NC(=O)NCC1CCCS1.